The maximum Gasteiger partial charge on any atom is 0.210 e. The topological polar surface area (TPSA) is 47.9 Å². The summed E-state index contributed by atoms with van der Waals surface area (Å²) in [4.78, 5) is 6.51. The van der Waals surface area contributed by atoms with E-state index in [9.17, 15) is 0 Å². The molecule has 3 aromatic rings. The molecule has 19 heavy (non-hydrogen) atoms. The van der Waals surface area contributed by atoms with Crippen LogP contribution in [0.5, 0.6) is 5.75 Å². The Morgan fingerprint density at radius 1 is 1.16 bits per heavy atom. The van der Waals surface area contributed by atoms with Crippen molar-refractivity contribution in [1.82, 2.24) is 15.2 Å². The molecule has 2 aromatic heterocycles. The van der Waals surface area contributed by atoms with Crippen molar-refractivity contribution in [3.8, 4) is 16.2 Å². The molecule has 2 heterocycles. The predicted molar refractivity (Wildman–Crippen MR) is 79.0 cm³/mol. The first-order valence-corrected chi connectivity index (χ1v) is 7.67. The number of nitrogens with zero attached hydrogens (tertiary/aromatic N) is 3. The monoisotopic (exact) mass is 289 g/mol. The molecule has 0 N–H and O–H groups in total. The molecule has 0 amide bonds. The van der Waals surface area contributed by atoms with Gasteiger partial charge in [0.1, 0.15) is 16.1 Å². The molecule has 0 aliphatic carbocycles. The molecule has 0 fully saturated rings. The summed E-state index contributed by atoms with van der Waals surface area (Å²) in [6, 6.07) is 9.99. The summed E-state index contributed by atoms with van der Waals surface area (Å²) in [5.41, 5.74) is 1.98. The number of hydrogen-bond acceptors (Lipinski definition) is 6. The van der Waals surface area contributed by atoms with Crippen molar-refractivity contribution in [3.05, 3.63) is 30.3 Å². The molecule has 0 atom stereocenters. The number of benzene rings is 1. The Bertz CT molecular complexity index is 709. The lowest BCUT2D eigenvalue weighted by molar-refractivity contribution is 0.415. The molecule has 0 saturated carbocycles. The lowest BCUT2D eigenvalue weighted by Crippen LogP contribution is -1.87. The predicted octanol–water partition coefficient (Wildman–Crippen LogP) is 3.48. The van der Waals surface area contributed by atoms with Gasteiger partial charge in [-0.05, 0) is 42.2 Å². The van der Waals surface area contributed by atoms with E-state index in [-0.39, 0.29) is 0 Å². The SMILES string of the molecule is COc1ccc(-c2cc3nnc(SC)nc3s2)cc1. The maximum absolute atomic E-state index is 5.16. The highest BCUT2D eigenvalue weighted by Crippen LogP contribution is 2.32. The van der Waals surface area contributed by atoms with Crippen LogP contribution < -0.4 is 4.74 Å². The first-order valence-electron chi connectivity index (χ1n) is 5.63. The average molecular weight is 289 g/mol. The highest BCUT2D eigenvalue weighted by Gasteiger charge is 2.08. The Labute approximate surface area is 118 Å². The number of aromatic nitrogens is 3. The van der Waals surface area contributed by atoms with Crippen molar-refractivity contribution in [1.29, 1.82) is 0 Å². The zero-order valence-electron chi connectivity index (χ0n) is 10.5. The van der Waals surface area contributed by atoms with E-state index < -0.39 is 0 Å². The molecule has 3 rings (SSSR count). The largest absolute Gasteiger partial charge is 0.497 e. The van der Waals surface area contributed by atoms with Crippen molar-refractivity contribution in [2.45, 2.75) is 5.16 Å². The van der Waals surface area contributed by atoms with Crippen molar-refractivity contribution >= 4 is 33.4 Å². The fraction of sp³-hybridized carbons (Fsp3) is 0.154. The van der Waals surface area contributed by atoms with E-state index in [2.05, 4.69) is 15.2 Å². The van der Waals surface area contributed by atoms with E-state index >= 15 is 0 Å². The minimum atomic E-state index is 0.704. The Kier molecular flexibility index (Phi) is 3.35. The average Bonchev–Trinajstić information content (AvgIpc) is 2.90. The van der Waals surface area contributed by atoms with Crippen LogP contribution in [0.1, 0.15) is 0 Å². The lowest BCUT2D eigenvalue weighted by atomic mass is 10.2. The van der Waals surface area contributed by atoms with Crippen LogP contribution in [0.3, 0.4) is 0 Å². The van der Waals surface area contributed by atoms with E-state index in [0.29, 0.717) is 5.16 Å². The molecule has 4 nitrogen and oxygen atoms in total. The number of ether oxygens (including phenoxy) is 1. The smallest absolute Gasteiger partial charge is 0.210 e. The van der Waals surface area contributed by atoms with Gasteiger partial charge in [0, 0.05) is 4.88 Å². The minimum absolute atomic E-state index is 0.704. The third-order valence-electron chi connectivity index (χ3n) is 2.69. The van der Waals surface area contributed by atoms with Gasteiger partial charge >= 0.3 is 0 Å². The summed E-state index contributed by atoms with van der Waals surface area (Å²) < 4.78 is 5.16. The van der Waals surface area contributed by atoms with Crippen molar-refractivity contribution in [2.24, 2.45) is 0 Å². The number of rotatable bonds is 3. The number of fused-ring (bicyclic) bond motifs is 1. The molecule has 0 bridgehead atoms. The molecular formula is C13H11N3OS2. The standard InChI is InChI=1S/C13H11N3OS2/c1-17-9-5-3-8(4-6-9)11-7-10-12(19-11)14-13(18-2)16-15-10/h3-7H,1-2H3. The third-order valence-corrected chi connectivity index (χ3v) is 4.30. The number of thiophene rings is 1. The molecule has 6 heteroatoms. The molecule has 0 unspecified atom stereocenters. The van der Waals surface area contributed by atoms with Gasteiger partial charge in [-0.25, -0.2) is 4.98 Å². The van der Waals surface area contributed by atoms with E-state index in [4.69, 9.17) is 4.74 Å². The Balaban J connectivity index is 2.04. The van der Waals surface area contributed by atoms with Crippen LogP contribution in [0.25, 0.3) is 20.8 Å². The van der Waals surface area contributed by atoms with Gasteiger partial charge in [-0.3, -0.25) is 0 Å². The molecule has 0 radical (unpaired) electrons. The zero-order chi connectivity index (χ0) is 13.2. The number of hydrogen-bond donors (Lipinski definition) is 0. The first-order chi connectivity index (χ1) is 9.30. The van der Waals surface area contributed by atoms with Crippen LogP contribution in [0.2, 0.25) is 0 Å². The van der Waals surface area contributed by atoms with Crippen molar-refractivity contribution in [3.63, 3.8) is 0 Å². The van der Waals surface area contributed by atoms with Gasteiger partial charge in [0.15, 0.2) is 0 Å². The minimum Gasteiger partial charge on any atom is -0.497 e. The highest BCUT2D eigenvalue weighted by atomic mass is 32.2. The van der Waals surface area contributed by atoms with Crippen LogP contribution in [-0.2, 0) is 0 Å². The Morgan fingerprint density at radius 2 is 1.95 bits per heavy atom. The molecule has 0 spiro atoms. The van der Waals surface area contributed by atoms with Crippen LogP contribution >= 0.6 is 23.1 Å². The fourth-order valence-corrected chi connectivity index (χ4v) is 3.05. The van der Waals surface area contributed by atoms with Gasteiger partial charge in [0.2, 0.25) is 5.16 Å². The van der Waals surface area contributed by atoms with Crippen molar-refractivity contribution in [2.75, 3.05) is 13.4 Å². The highest BCUT2D eigenvalue weighted by molar-refractivity contribution is 7.98. The molecular weight excluding hydrogens is 278 g/mol. The van der Waals surface area contributed by atoms with Crippen LogP contribution in [-0.4, -0.2) is 28.5 Å². The van der Waals surface area contributed by atoms with E-state index in [1.54, 1.807) is 18.4 Å². The molecule has 0 saturated heterocycles. The normalized spacial score (nSPS) is 10.8. The fourth-order valence-electron chi connectivity index (χ4n) is 1.71. The van der Waals surface area contributed by atoms with Crippen LogP contribution in [0, 0.1) is 0 Å². The second-order valence-corrected chi connectivity index (χ2v) is 5.63. The zero-order valence-corrected chi connectivity index (χ0v) is 12.1. The number of methoxy groups -OCH3 is 1. The van der Waals surface area contributed by atoms with Crippen LogP contribution in [0.15, 0.2) is 35.5 Å². The molecule has 0 aliphatic heterocycles. The summed E-state index contributed by atoms with van der Waals surface area (Å²) in [6.45, 7) is 0. The lowest BCUT2D eigenvalue weighted by Gasteiger charge is -2.00. The van der Waals surface area contributed by atoms with Gasteiger partial charge in [-0.1, -0.05) is 11.8 Å². The van der Waals surface area contributed by atoms with Crippen LogP contribution in [0.4, 0.5) is 0 Å². The summed E-state index contributed by atoms with van der Waals surface area (Å²) in [5, 5.41) is 8.94. The Hall–Kier alpha value is -1.66. The Morgan fingerprint density at radius 3 is 2.63 bits per heavy atom. The van der Waals surface area contributed by atoms with Gasteiger partial charge in [-0.15, -0.1) is 21.5 Å². The quantitative estimate of drug-likeness (QED) is 0.691. The molecule has 96 valence electrons. The summed E-state index contributed by atoms with van der Waals surface area (Å²) in [5.74, 6) is 0.854. The summed E-state index contributed by atoms with van der Waals surface area (Å²) in [7, 11) is 1.66. The van der Waals surface area contributed by atoms with E-state index in [1.165, 1.54) is 11.8 Å². The second kappa shape index (κ2) is 5.14. The first kappa shape index (κ1) is 12.4. The molecule has 1 aromatic carbocycles. The third kappa shape index (κ3) is 2.41. The van der Waals surface area contributed by atoms with Gasteiger partial charge < -0.3 is 4.74 Å². The van der Waals surface area contributed by atoms with Gasteiger partial charge in [0.05, 0.1) is 7.11 Å². The van der Waals surface area contributed by atoms with Gasteiger partial charge in [-0.2, -0.15) is 0 Å². The molecule has 0 aliphatic rings. The number of thioether (sulfide) groups is 1. The van der Waals surface area contributed by atoms with Gasteiger partial charge in [0.25, 0.3) is 0 Å². The summed E-state index contributed by atoms with van der Waals surface area (Å²) >= 11 is 3.12. The summed E-state index contributed by atoms with van der Waals surface area (Å²) in [6.07, 6.45) is 1.95. The van der Waals surface area contributed by atoms with E-state index in [0.717, 1.165) is 26.5 Å². The maximum atomic E-state index is 5.16. The van der Waals surface area contributed by atoms with Crippen molar-refractivity contribution < 1.29 is 4.74 Å². The van der Waals surface area contributed by atoms with E-state index in [1.807, 2.05) is 36.6 Å². The second-order valence-electron chi connectivity index (χ2n) is 3.83.